The second-order valence-corrected chi connectivity index (χ2v) is 5.91. The molecule has 1 unspecified atom stereocenters. The minimum atomic E-state index is 0.00443. The van der Waals surface area contributed by atoms with Crippen molar-refractivity contribution in [2.45, 2.75) is 43.7 Å². The maximum atomic E-state index is 6.21. The molecule has 0 heterocycles. The molecule has 1 aliphatic carbocycles. The summed E-state index contributed by atoms with van der Waals surface area (Å²) in [5.41, 5.74) is 7.23. The summed E-state index contributed by atoms with van der Waals surface area (Å²) in [5, 5.41) is 1.21. The Morgan fingerprint density at radius 1 is 1.39 bits per heavy atom. The van der Waals surface area contributed by atoms with Gasteiger partial charge in [0.15, 0.2) is 0 Å². The van der Waals surface area contributed by atoms with Gasteiger partial charge in [0.2, 0.25) is 0 Å². The van der Waals surface area contributed by atoms with Crippen LogP contribution in [0.1, 0.15) is 31.2 Å². The quantitative estimate of drug-likeness (QED) is 0.894. The molecular weight excluding hydrogens is 269 g/mol. The van der Waals surface area contributed by atoms with Gasteiger partial charge in [0.25, 0.3) is 0 Å². The number of ether oxygens (including phenoxy) is 1. The number of methoxy groups -OCH3 is 1. The Kier molecular flexibility index (Phi) is 4.54. The molecule has 0 amide bonds. The Morgan fingerprint density at radius 3 is 2.67 bits per heavy atom. The molecule has 0 radical (unpaired) electrons. The molecule has 0 bridgehead atoms. The van der Waals surface area contributed by atoms with Crippen LogP contribution in [0.15, 0.2) is 18.2 Å². The molecule has 1 aromatic carbocycles. The minimum Gasteiger partial charge on any atom is -0.378 e. The van der Waals surface area contributed by atoms with E-state index < -0.39 is 0 Å². The van der Waals surface area contributed by atoms with Crippen molar-refractivity contribution in [3.8, 4) is 0 Å². The number of benzene rings is 1. The van der Waals surface area contributed by atoms with Crippen LogP contribution >= 0.6 is 23.2 Å². The second kappa shape index (κ2) is 5.79. The summed E-state index contributed by atoms with van der Waals surface area (Å²) in [6.45, 7) is 0. The van der Waals surface area contributed by atoms with E-state index in [0.29, 0.717) is 10.0 Å². The first-order chi connectivity index (χ1) is 8.56. The van der Waals surface area contributed by atoms with Crippen molar-refractivity contribution in [2.75, 3.05) is 7.11 Å². The summed E-state index contributed by atoms with van der Waals surface area (Å²) in [6.07, 6.45) is 5.08. The molecule has 2 N–H and O–H groups in total. The Morgan fingerprint density at radius 2 is 2.11 bits per heavy atom. The zero-order chi connectivity index (χ0) is 13.2. The molecule has 0 aliphatic heterocycles. The third-order valence-corrected chi connectivity index (χ3v) is 4.70. The van der Waals surface area contributed by atoms with Crippen molar-refractivity contribution >= 4 is 23.2 Å². The highest BCUT2D eigenvalue weighted by molar-refractivity contribution is 6.42. The lowest BCUT2D eigenvalue weighted by molar-refractivity contribution is -0.0813. The summed E-state index contributed by atoms with van der Waals surface area (Å²) in [6, 6.07) is 5.74. The smallest absolute Gasteiger partial charge is 0.0693 e. The van der Waals surface area contributed by atoms with Crippen LogP contribution in [0.25, 0.3) is 0 Å². The summed E-state index contributed by atoms with van der Waals surface area (Å²) >= 11 is 12.2. The van der Waals surface area contributed by atoms with E-state index in [1.54, 1.807) is 13.2 Å². The summed E-state index contributed by atoms with van der Waals surface area (Å²) in [7, 11) is 1.78. The van der Waals surface area contributed by atoms with Gasteiger partial charge >= 0.3 is 0 Å². The monoisotopic (exact) mass is 287 g/mol. The fraction of sp³-hybridized carbons (Fsp3) is 0.571. The van der Waals surface area contributed by atoms with Gasteiger partial charge in [0.05, 0.1) is 15.6 Å². The third kappa shape index (κ3) is 3.00. The molecule has 2 rings (SSSR count). The largest absolute Gasteiger partial charge is 0.378 e. The molecule has 1 aromatic rings. The molecule has 1 atom stereocenters. The molecule has 0 aromatic heterocycles. The molecule has 1 fully saturated rings. The second-order valence-electron chi connectivity index (χ2n) is 5.12. The summed E-state index contributed by atoms with van der Waals surface area (Å²) in [5.74, 6) is 0. The van der Waals surface area contributed by atoms with Gasteiger partial charge in [-0.25, -0.2) is 0 Å². The lowest BCUT2D eigenvalue weighted by Gasteiger charge is -2.42. The van der Waals surface area contributed by atoms with E-state index >= 15 is 0 Å². The first-order valence-electron chi connectivity index (χ1n) is 6.30. The highest BCUT2D eigenvalue weighted by Crippen LogP contribution is 2.39. The average Bonchev–Trinajstić information content (AvgIpc) is 2.30. The Bertz CT molecular complexity index is 413. The first-order valence-corrected chi connectivity index (χ1v) is 7.05. The van der Waals surface area contributed by atoms with Gasteiger partial charge in [-0.05, 0) is 43.7 Å². The van der Waals surface area contributed by atoms with Gasteiger partial charge in [-0.3, -0.25) is 0 Å². The number of hydrogen-bond acceptors (Lipinski definition) is 2. The number of nitrogens with two attached hydrogens (primary N) is 1. The maximum Gasteiger partial charge on any atom is 0.0693 e. The van der Waals surface area contributed by atoms with E-state index in [2.05, 4.69) is 0 Å². The van der Waals surface area contributed by atoms with Gasteiger partial charge in [0.1, 0.15) is 0 Å². The Hall–Kier alpha value is -0.280. The van der Waals surface area contributed by atoms with E-state index in [0.717, 1.165) is 31.2 Å². The molecule has 0 spiro atoms. The topological polar surface area (TPSA) is 35.2 Å². The molecule has 2 nitrogen and oxygen atoms in total. The van der Waals surface area contributed by atoms with Crippen molar-refractivity contribution in [1.82, 2.24) is 0 Å². The molecule has 1 saturated carbocycles. The average molecular weight is 288 g/mol. The van der Waals surface area contributed by atoms with Gasteiger partial charge in [-0.15, -0.1) is 0 Å². The maximum absolute atomic E-state index is 6.21. The molecular formula is C14H19Cl2NO. The standard InChI is InChI=1S/C14H19Cl2NO/c1-18-14(6-3-7-14)9-11(17)8-10-4-2-5-12(15)13(10)16/h2,4-5,11H,3,6-9,17H2,1H3. The van der Waals surface area contributed by atoms with Crippen LogP contribution in [0.3, 0.4) is 0 Å². The Labute approximate surface area is 118 Å². The fourth-order valence-corrected chi connectivity index (χ4v) is 3.00. The van der Waals surface area contributed by atoms with E-state index in [-0.39, 0.29) is 11.6 Å². The Balaban J connectivity index is 1.98. The number of hydrogen-bond donors (Lipinski definition) is 1. The SMILES string of the molecule is COC1(CC(N)Cc2cccc(Cl)c2Cl)CCC1. The zero-order valence-corrected chi connectivity index (χ0v) is 12.1. The van der Waals surface area contributed by atoms with E-state index in [9.17, 15) is 0 Å². The fourth-order valence-electron chi connectivity index (χ4n) is 2.60. The minimum absolute atomic E-state index is 0.00443. The van der Waals surface area contributed by atoms with Crippen molar-refractivity contribution < 1.29 is 4.74 Å². The number of rotatable bonds is 5. The van der Waals surface area contributed by atoms with Crippen LogP contribution in [0.2, 0.25) is 10.0 Å². The van der Waals surface area contributed by atoms with E-state index in [1.807, 2.05) is 12.1 Å². The highest BCUT2D eigenvalue weighted by Gasteiger charge is 2.38. The molecule has 1 aliphatic rings. The van der Waals surface area contributed by atoms with Crippen LogP contribution in [-0.2, 0) is 11.2 Å². The lowest BCUT2D eigenvalue weighted by Crippen LogP contribution is -2.45. The van der Waals surface area contributed by atoms with Crippen LogP contribution in [0, 0.1) is 0 Å². The van der Waals surface area contributed by atoms with E-state index in [1.165, 1.54) is 6.42 Å². The normalized spacial score (nSPS) is 19.3. The van der Waals surface area contributed by atoms with Gasteiger partial charge in [-0.2, -0.15) is 0 Å². The predicted octanol–water partition coefficient (Wildman–Crippen LogP) is 3.82. The van der Waals surface area contributed by atoms with Crippen LogP contribution in [0.4, 0.5) is 0 Å². The van der Waals surface area contributed by atoms with Crippen molar-refractivity contribution in [3.63, 3.8) is 0 Å². The van der Waals surface area contributed by atoms with Gasteiger partial charge in [0, 0.05) is 13.2 Å². The molecule has 100 valence electrons. The summed E-state index contributed by atoms with van der Waals surface area (Å²) in [4.78, 5) is 0. The van der Waals surface area contributed by atoms with Crippen molar-refractivity contribution in [1.29, 1.82) is 0 Å². The third-order valence-electron chi connectivity index (χ3n) is 3.85. The van der Waals surface area contributed by atoms with Gasteiger partial charge in [-0.1, -0.05) is 35.3 Å². The van der Waals surface area contributed by atoms with Crippen molar-refractivity contribution in [3.05, 3.63) is 33.8 Å². The first kappa shape index (κ1) is 14.1. The zero-order valence-electron chi connectivity index (χ0n) is 10.6. The molecule has 18 heavy (non-hydrogen) atoms. The van der Waals surface area contributed by atoms with Crippen LogP contribution in [-0.4, -0.2) is 18.8 Å². The van der Waals surface area contributed by atoms with E-state index in [4.69, 9.17) is 33.7 Å². The molecule has 0 saturated heterocycles. The predicted molar refractivity (Wildman–Crippen MR) is 76.3 cm³/mol. The van der Waals surface area contributed by atoms with Crippen LogP contribution < -0.4 is 5.73 Å². The van der Waals surface area contributed by atoms with Gasteiger partial charge < -0.3 is 10.5 Å². The van der Waals surface area contributed by atoms with Crippen LogP contribution in [0.5, 0.6) is 0 Å². The molecule has 4 heteroatoms. The van der Waals surface area contributed by atoms with Crippen molar-refractivity contribution in [2.24, 2.45) is 5.73 Å². The summed E-state index contributed by atoms with van der Waals surface area (Å²) < 4.78 is 5.60. The number of halogens is 2. The lowest BCUT2D eigenvalue weighted by atomic mass is 9.75. The highest BCUT2D eigenvalue weighted by atomic mass is 35.5.